The summed E-state index contributed by atoms with van der Waals surface area (Å²) in [5.74, 6) is 0.221. The average molecular weight is 305 g/mol. The van der Waals surface area contributed by atoms with E-state index in [4.69, 9.17) is 0 Å². The van der Waals surface area contributed by atoms with Crippen molar-refractivity contribution in [2.75, 3.05) is 18.8 Å². The summed E-state index contributed by atoms with van der Waals surface area (Å²) < 4.78 is 25.2. The van der Waals surface area contributed by atoms with Gasteiger partial charge in [0, 0.05) is 25.2 Å². The summed E-state index contributed by atoms with van der Waals surface area (Å²) in [5.41, 5.74) is 0. The summed E-state index contributed by atoms with van der Waals surface area (Å²) >= 11 is 0. The number of hydrogen-bond acceptors (Lipinski definition) is 3. The maximum absolute atomic E-state index is 11.8. The van der Waals surface area contributed by atoms with Crippen LogP contribution in [0.15, 0.2) is 0 Å². The van der Waals surface area contributed by atoms with Gasteiger partial charge in [-0.15, -0.1) is 0 Å². The quantitative estimate of drug-likeness (QED) is 0.666. The van der Waals surface area contributed by atoms with Gasteiger partial charge >= 0.3 is 0 Å². The smallest absolute Gasteiger partial charge is 0.213 e. The van der Waals surface area contributed by atoms with Gasteiger partial charge in [0.1, 0.15) is 0 Å². The zero-order valence-corrected chi connectivity index (χ0v) is 14.2. The minimum Gasteiger partial charge on any atom is -0.311 e. The van der Waals surface area contributed by atoms with Crippen molar-refractivity contribution in [2.24, 2.45) is 0 Å². The average Bonchev–Trinajstić information content (AvgIpc) is 2.44. The lowest BCUT2D eigenvalue weighted by atomic mass is 10.0. The lowest BCUT2D eigenvalue weighted by Gasteiger charge is -2.33. The molecule has 0 radical (unpaired) electrons. The van der Waals surface area contributed by atoms with E-state index in [0.717, 1.165) is 12.8 Å². The van der Waals surface area contributed by atoms with Crippen LogP contribution in [-0.2, 0) is 10.0 Å². The molecule has 1 aliphatic heterocycles. The Bertz CT molecular complexity index is 349. The molecule has 0 aromatic rings. The molecule has 1 fully saturated rings. The molecule has 0 saturated carbocycles. The molecule has 0 aliphatic carbocycles. The lowest BCUT2D eigenvalue weighted by Crippen LogP contribution is -2.47. The van der Waals surface area contributed by atoms with E-state index in [-0.39, 0.29) is 5.75 Å². The van der Waals surface area contributed by atoms with E-state index in [1.54, 1.807) is 11.2 Å². The van der Waals surface area contributed by atoms with Gasteiger partial charge in [-0.05, 0) is 33.1 Å². The first-order valence-corrected chi connectivity index (χ1v) is 9.84. The van der Waals surface area contributed by atoms with Crippen LogP contribution in [0.2, 0.25) is 0 Å². The van der Waals surface area contributed by atoms with Crippen LogP contribution in [0.5, 0.6) is 0 Å². The van der Waals surface area contributed by atoms with Gasteiger partial charge in [0.25, 0.3) is 0 Å². The van der Waals surface area contributed by atoms with E-state index >= 15 is 0 Å². The van der Waals surface area contributed by atoms with Gasteiger partial charge in [0.2, 0.25) is 10.0 Å². The Morgan fingerprint density at radius 1 is 1.15 bits per heavy atom. The second-order valence-corrected chi connectivity index (χ2v) is 8.25. The number of nitrogens with one attached hydrogen (secondary N) is 1. The van der Waals surface area contributed by atoms with Crippen LogP contribution in [0.25, 0.3) is 0 Å². The highest BCUT2D eigenvalue weighted by Gasteiger charge is 2.26. The van der Waals surface area contributed by atoms with Crippen molar-refractivity contribution >= 4 is 10.0 Å². The van der Waals surface area contributed by atoms with E-state index in [2.05, 4.69) is 19.2 Å². The van der Waals surface area contributed by atoms with Crippen LogP contribution < -0.4 is 5.32 Å². The first-order valence-electron chi connectivity index (χ1n) is 8.23. The monoisotopic (exact) mass is 304 g/mol. The lowest BCUT2D eigenvalue weighted by molar-refractivity contribution is 0.272. The molecule has 1 rings (SSSR count). The minimum atomic E-state index is -2.99. The molecule has 0 bridgehead atoms. The second-order valence-electron chi connectivity index (χ2n) is 5.99. The third-order valence-electron chi connectivity index (χ3n) is 4.22. The molecule has 120 valence electrons. The van der Waals surface area contributed by atoms with Crippen LogP contribution in [-0.4, -0.2) is 43.6 Å². The van der Waals surface area contributed by atoms with Gasteiger partial charge in [-0.2, -0.15) is 0 Å². The van der Waals surface area contributed by atoms with Crippen molar-refractivity contribution in [3.63, 3.8) is 0 Å². The van der Waals surface area contributed by atoms with E-state index < -0.39 is 10.0 Å². The molecule has 1 unspecified atom stereocenters. The van der Waals surface area contributed by atoms with Crippen molar-refractivity contribution in [1.82, 2.24) is 9.62 Å². The summed E-state index contributed by atoms with van der Waals surface area (Å²) in [5, 5.41) is 3.66. The predicted octanol–water partition coefficient (Wildman–Crippen LogP) is 2.75. The third kappa shape index (κ3) is 6.10. The molecule has 1 N–H and O–H groups in total. The molecular weight excluding hydrogens is 272 g/mol. The van der Waals surface area contributed by atoms with Crippen LogP contribution in [0.1, 0.15) is 65.7 Å². The molecule has 1 saturated heterocycles. The van der Waals surface area contributed by atoms with Crippen molar-refractivity contribution in [2.45, 2.75) is 77.8 Å². The standard InChI is InChI=1S/C15H32N2O2S/c1-4-6-7-8-9-14(3)16-15-10-12-17(13-11-15)20(18,19)5-2/h14-16H,4-13H2,1-3H3. The van der Waals surface area contributed by atoms with Gasteiger partial charge in [0.05, 0.1) is 5.75 Å². The molecule has 0 amide bonds. The Morgan fingerprint density at radius 3 is 2.35 bits per heavy atom. The van der Waals surface area contributed by atoms with Gasteiger partial charge in [0.15, 0.2) is 0 Å². The van der Waals surface area contributed by atoms with E-state index in [1.165, 1.54) is 32.1 Å². The summed E-state index contributed by atoms with van der Waals surface area (Å²) in [6, 6.07) is 1.03. The van der Waals surface area contributed by atoms with Gasteiger partial charge in [-0.25, -0.2) is 12.7 Å². The molecule has 1 aliphatic rings. The Kier molecular flexibility index (Phi) is 8.07. The van der Waals surface area contributed by atoms with E-state index in [9.17, 15) is 8.42 Å². The molecule has 1 atom stereocenters. The molecule has 1 heterocycles. The van der Waals surface area contributed by atoms with Crippen LogP contribution >= 0.6 is 0 Å². The van der Waals surface area contributed by atoms with Crippen LogP contribution in [0, 0.1) is 0 Å². The molecular formula is C15H32N2O2S. The molecule has 5 heteroatoms. The molecule has 20 heavy (non-hydrogen) atoms. The van der Waals surface area contributed by atoms with Crippen molar-refractivity contribution < 1.29 is 8.42 Å². The highest BCUT2D eigenvalue weighted by atomic mass is 32.2. The number of hydrogen-bond donors (Lipinski definition) is 1. The fourth-order valence-corrected chi connectivity index (χ4v) is 3.98. The normalized spacial score (nSPS) is 20.1. The summed E-state index contributed by atoms with van der Waals surface area (Å²) in [4.78, 5) is 0. The maximum Gasteiger partial charge on any atom is 0.213 e. The fourth-order valence-electron chi connectivity index (χ4n) is 2.85. The molecule has 4 nitrogen and oxygen atoms in total. The van der Waals surface area contributed by atoms with E-state index in [0.29, 0.717) is 25.2 Å². The fraction of sp³-hybridized carbons (Fsp3) is 1.00. The Morgan fingerprint density at radius 2 is 1.80 bits per heavy atom. The number of nitrogens with zero attached hydrogens (tertiary/aromatic N) is 1. The Labute approximate surface area is 125 Å². The van der Waals surface area contributed by atoms with Crippen molar-refractivity contribution in [3.8, 4) is 0 Å². The SMILES string of the molecule is CCCCCCC(C)NC1CCN(S(=O)(=O)CC)CC1. The number of piperidine rings is 1. The number of rotatable bonds is 9. The van der Waals surface area contributed by atoms with Crippen LogP contribution in [0.3, 0.4) is 0 Å². The summed E-state index contributed by atoms with van der Waals surface area (Å²) in [6.07, 6.45) is 8.36. The van der Waals surface area contributed by atoms with E-state index in [1.807, 2.05) is 0 Å². The largest absolute Gasteiger partial charge is 0.311 e. The predicted molar refractivity (Wildman–Crippen MR) is 85.4 cm³/mol. The van der Waals surface area contributed by atoms with Gasteiger partial charge in [-0.1, -0.05) is 32.6 Å². The Balaban J connectivity index is 2.22. The van der Waals surface area contributed by atoms with Crippen molar-refractivity contribution in [3.05, 3.63) is 0 Å². The molecule has 0 spiro atoms. The maximum atomic E-state index is 11.8. The minimum absolute atomic E-state index is 0.221. The zero-order chi connectivity index (χ0) is 15.0. The van der Waals surface area contributed by atoms with Crippen LogP contribution in [0.4, 0.5) is 0 Å². The van der Waals surface area contributed by atoms with Gasteiger partial charge in [-0.3, -0.25) is 0 Å². The zero-order valence-electron chi connectivity index (χ0n) is 13.4. The second kappa shape index (κ2) is 9.00. The van der Waals surface area contributed by atoms with Gasteiger partial charge < -0.3 is 5.32 Å². The summed E-state index contributed by atoms with van der Waals surface area (Å²) in [7, 11) is -2.99. The topological polar surface area (TPSA) is 49.4 Å². The summed E-state index contributed by atoms with van der Waals surface area (Å²) in [6.45, 7) is 7.56. The van der Waals surface area contributed by atoms with Crippen molar-refractivity contribution in [1.29, 1.82) is 0 Å². The molecule has 0 aromatic carbocycles. The Hall–Kier alpha value is -0.130. The number of sulfonamides is 1. The first kappa shape index (κ1) is 17.9. The third-order valence-corrected chi connectivity index (χ3v) is 6.10. The number of unbranched alkanes of at least 4 members (excludes halogenated alkanes) is 3. The highest BCUT2D eigenvalue weighted by Crippen LogP contribution is 2.16. The molecule has 0 aromatic heterocycles. The first-order chi connectivity index (χ1) is 9.49. The highest BCUT2D eigenvalue weighted by molar-refractivity contribution is 7.89.